The summed E-state index contributed by atoms with van der Waals surface area (Å²) >= 11 is 0. The summed E-state index contributed by atoms with van der Waals surface area (Å²) in [6.45, 7) is 2.42. The molecule has 0 spiro atoms. The van der Waals surface area contributed by atoms with E-state index in [4.69, 9.17) is 10.5 Å². The molecule has 8 heteroatoms. The number of rotatable bonds is 6. The molecular weight excluding hydrogens is 274 g/mol. The predicted octanol–water partition coefficient (Wildman–Crippen LogP) is 1.78. The molecule has 2 N–H and O–H groups in total. The zero-order valence-electron chi connectivity index (χ0n) is 11.9. The summed E-state index contributed by atoms with van der Waals surface area (Å²) in [4.78, 5) is 10.6. The minimum atomic E-state index is -0.467. The molecule has 1 aromatic heterocycles. The van der Waals surface area contributed by atoms with Crippen molar-refractivity contribution in [2.24, 2.45) is 0 Å². The van der Waals surface area contributed by atoms with Crippen LogP contribution in [0.25, 0.3) is 0 Å². The molecule has 21 heavy (non-hydrogen) atoms. The number of nitro groups is 1. The Morgan fingerprint density at radius 1 is 1.48 bits per heavy atom. The number of hydrogen-bond acceptors (Lipinski definition) is 6. The monoisotopic (exact) mass is 291 g/mol. The van der Waals surface area contributed by atoms with Crippen LogP contribution >= 0.6 is 0 Å². The lowest BCUT2D eigenvalue weighted by Crippen LogP contribution is -2.08. The Balaban J connectivity index is 2.32. The molecule has 0 radical (unpaired) electrons. The quantitative estimate of drug-likeness (QED) is 0.641. The van der Waals surface area contributed by atoms with Gasteiger partial charge in [0, 0.05) is 6.07 Å². The third-order valence-corrected chi connectivity index (χ3v) is 3.13. The van der Waals surface area contributed by atoms with Gasteiger partial charge in [-0.2, -0.15) is 0 Å². The minimum absolute atomic E-state index is 0.0693. The molecule has 0 unspecified atom stereocenters. The number of benzene rings is 1. The number of nitrogens with two attached hydrogens (primary N) is 1. The van der Waals surface area contributed by atoms with E-state index in [9.17, 15) is 10.1 Å². The number of nitro benzene ring substituents is 1. The summed E-state index contributed by atoms with van der Waals surface area (Å²) in [6, 6.07) is 4.82. The molecular formula is C13H17N5O3. The standard InChI is InChI=1S/C13H17N5O3/c1-3-4-10-13(14)15-16-17(10)8-9-5-6-12(21-2)11(7-9)18(19)20/h5-7H,3-4,8,14H2,1-2H3. The second-order valence-electron chi connectivity index (χ2n) is 4.59. The molecule has 1 heterocycles. The van der Waals surface area contributed by atoms with Gasteiger partial charge in [0.15, 0.2) is 11.6 Å². The Kier molecular flexibility index (Phi) is 4.36. The molecule has 0 saturated carbocycles. The van der Waals surface area contributed by atoms with Crippen LogP contribution in [0.15, 0.2) is 18.2 Å². The molecule has 0 aliphatic rings. The maximum atomic E-state index is 11.0. The van der Waals surface area contributed by atoms with Gasteiger partial charge in [-0.25, -0.2) is 4.68 Å². The number of nitrogen functional groups attached to an aromatic ring is 1. The van der Waals surface area contributed by atoms with E-state index in [1.165, 1.54) is 13.2 Å². The molecule has 0 aliphatic carbocycles. The molecule has 0 saturated heterocycles. The van der Waals surface area contributed by atoms with Crippen LogP contribution in [0, 0.1) is 10.1 Å². The lowest BCUT2D eigenvalue weighted by molar-refractivity contribution is -0.385. The van der Waals surface area contributed by atoms with E-state index in [1.807, 2.05) is 6.92 Å². The average molecular weight is 291 g/mol. The summed E-state index contributed by atoms with van der Waals surface area (Å²) in [5.41, 5.74) is 7.30. The van der Waals surface area contributed by atoms with Gasteiger partial charge in [0.25, 0.3) is 0 Å². The normalized spacial score (nSPS) is 10.6. The summed E-state index contributed by atoms with van der Waals surface area (Å²) in [5.74, 6) is 0.635. The van der Waals surface area contributed by atoms with Gasteiger partial charge in [0.05, 0.1) is 24.3 Å². The number of methoxy groups -OCH3 is 1. The van der Waals surface area contributed by atoms with Crippen molar-refractivity contribution in [3.8, 4) is 5.75 Å². The van der Waals surface area contributed by atoms with Crippen molar-refractivity contribution < 1.29 is 9.66 Å². The second kappa shape index (κ2) is 6.21. The van der Waals surface area contributed by atoms with Crippen molar-refractivity contribution in [3.05, 3.63) is 39.6 Å². The van der Waals surface area contributed by atoms with Gasteiger partial charge in [-0.05, 0) is 18.1 Å². The molecule has 0 amide bonds. The number of nitrogens with zero attached hydrogens (tertiary/aromatic N) is 4. The minimum Gasteiger partial charge on any atom is -0.490 e. The maximum Gasteiger partial charge on any atom is 0.311 e. The lowest BCUT2D eigenvalue weighted by Gasteiger charge is -2.07. The molecule has 1 aromatic carbocycles. The number of anilines is 1. The van der Waals surface area contributed by atoms with Crippen molar-refractivity contribution in [3.63, 3.8) is 0 Å². The zero-order valence-corrected chi connectivity index (χ0v) is 11.9. The fourth-order valence-electron chi connectivity index (χ4n) is 2.12. The summed E-state index contributed by atoms with van der Waals surface area (Å²) < 4.78 is 6.65. The van der Waals surface area contributed by atoms with Crippen molar-refractivity contribution in [1.29, 1.82) is 0 Å². The number of ether oxygens (including phenoxy) is 1. The van der Waals surface area contributed by atoms with Gasteiger partial charge >= 0.3 is 5.69 Å². The Labute approximate surface area is 121 Å². The smallest absolute Gasteiger partial charge is 0.311 e. The first-order valence-electron chi connectivity index (χ1n) is 6.56. The highest BCUT2D eigenvalue weighted by Crippen LogP contribution is 2.28. The Bertz CT molecular complexity index is 653. The molecule has 8 nitrogen and oxygen atoms in total. The molecule has 0 aliphatic heterocycles. The largest absolute Gasteiger partial charge is 0.490 e. The van der Waals surface area contributed by atoms with E-state index in [2.05, 4.69) is 10.3 Å². The maximum absolute atomic E-state index is 11.0. The molecule has 0 bridgehead atoms. The highest BCUT2D eigenvalue weighted by atomic mass is 16.6. The first-order valence-corrected chi connectivity index (χ1v) is 6.56. The Morgan fingerprint density at radius 2 is 2.24 bits per heavy atom. The predicted molar refractivity (Wildman–Crippen MR) is 77.2 cm³/mol. The molecule has 112 valence electrons. The average Bonchev–Trinajstić information content (AvgIpc) is 2.80. The number of aromatic nitrogens is 3. The van der Waals surface area contributed by atoms with Crippen molar-refractivity contribution in [2.75, 3.05) is 12.8 Å². The van der Waals surface area contributed by atoms with E-state index in [1.54, 1.807) is 16.8 Å². The van der Waals surface area contributed by atoms with Gasteiger partial charge in [-0.1, -0.05) is 24.6 Å². The van der Waals surface area contributed by atoms with E-state index < -0.39 is 4.92 Å². The first-order chi connectivity index (χ1) is 10.1. The van der Waals surface area contributed by atoms with Crippen molar-refractivity contribution >= 4 is 11.5 Å². The van der Waals surface area contributed by atoms with Crippen LogP contribution in [0.2, 0.25) is 0 Å². The molecule has 0 fully saturated rings. The highest BCUT2D eigenvalue weighted by molar-refractivity contribution is 5.48. The molecule has 0 atom stereocenters. The topological polar surface area (TPSA) is 109 Å². The van der Waals surface area contributed by atoms with Crippen LogP contribution in [-0.2, 0) is 13.0 Å². The summed E-state index contributed by atoms with van der Waals surface area (Å²) in [6.07, 6.45) is 1.68. The van der Waals surface area contributed by atoms with Crippen molar-refractivity contribution in [2.45, 2.75) is 26.3 Å². The van der Waals surface area contributed by atoms with Gasteiger partial charge < -0.3 is 10.5 Å². The van der Waals surface area contributed by atoms with Crippen LogP contribution in [0.3, 0.4) is 0 Å². The fraction of sp³-hybridized carbons (Fsp3) is 0.385. The number of hydrogen-bond donors (Lipinski definition) is 1. The molecule has 2 rings (SSSR count). The third kappa shape index (κ3) is 3.10. The van der Waals surface area contributed by atoms with Gasteiger partial charge in [0.1, 0.15) is 0 Å². The first kappa shape index (κ1) is 14.8. The van der Waals surface area contributed by atoms with E-state index in [-0.39, 0.29) is 11.4 Å². The van der Waals surface area contributed by atoms with E-state index >= 15 is 0 Å². The van der Waals surface area contributed by atoms with Crippen LogP contribution in [0.4, 0.5) is 11.5 Å². The van der Waals surface area contributed by atoms with Crippen LogP contribution < -0.4 is 10.5 Å². The highest BCUT2D eigenvalue weighted by Gasteiger charge is 2.16. The van der Waals surface area contributed by atoms with Crippen LogP contribution in [0.5, 0.6) is 5.75 Å². The zero-order chi connectivity index (χ0) is 15.4. The fourth-order valence-corrected chi connectivity index (χ4v) is 2.12. The third-order valence-electron chi connectivity index (χ3n) is 3.13. The van der Waals surface area contributed by atoms with Gasteiger partial charge in [-0.15, -0.1) is 5.10 Å². The SMILES string of the molecule is CCCc1c(N)nnn1Cc1ccc(OC)c([N+](=O)[O-])c1. The lowest BCUT2D eigenvalue weighted by atomic mass is 10.1. The Hall–Kier alpha value is -2.64. The summed E-state index contributed by atoms with van der Waals surface area (Å²) in [5, 5.41) is 18.9. The van der Waals surface area contributed by atoms with Crippen molar-refractivity contribution in [1.82, 2.24) is 15.0 Å². The van der Waals surface area contributed by atoms with E-state index in [0.29, 0.717) is 12.4 Å². The van der Waals surface area contributed by atoms with E-state index in [0.717, 1.165) is 24.1 Å². The Morgan fingerprint density at radius 3 is 2.86 bits per heavy atom. The van der Waals surface area contributed by atoms with Gasteiger partial charge in [-0.3, -0.25) is 10.1 Å². The van der Waals surface area contributed by atoms with Gasteiger partial charge in [0.2, 0.25) is 0 Å². The summed E-state index contributed by atoms with van der Waals surface area (Å²) in [7, 11) is 1.40. The molecule has 2 aromatic rings. The van der Waals surface area contributed by atoms with Crippen LogP contribution in [0.1, 0.15) is 24.6 Å². The second-order valence-corrected chi connectivity index (χ2v) is 4.59. The van der Waals surface area contributed by atoms with Crippen LogP contribution in [-0.4, -0.2) is 27.0 Å².